The summed E-state index contributed by atoms with van der Waals surface area (Å²) in [7, 11) is -10.6. The zero-order valence-corrected chi connectivity index (χ0v) is 44.4. The first-order valence-corrected chi connectivity index (χ1v) is 24.7. The van der Waals surface area contributed by atoms with Crippen molar-refractivity contribution >= 4 is 91.3 Å². The Morgan fingerprint density at radius 2 is 1.39 bits per heavy atom. The third-order valence-electron chi connectivity index (χ3n) is 10.9. The van der Waals surface area contributed by atoms with Crippen molar-refractivity contribution in [2.45, 2.75) is 84.9 Å². The molecule has 378 valence electrons. The molecule has 4 aliphatic heterocycles. The van der Waals surface area contributed by atoms with Crippen LogP contribution in [0.15, 0.2) is 42.5 Å². The quantitative estimate of drug-likeness (QED) is 0.0152. The van der Waals surface area contributed by atoms with Gasteiger partial charge in [0.15, 0.2) is 6.61 Å². The molecule has 0 radical (unpaired) electrons. The van der Waals surface area contributed by atoms with Crippen LogP contribution < -0.4 is 90.4 Å². The molecule has 7 atom stereocenters. The second-order valence-electron chi connectivity index (χ2n) is 15.9. The number of fused-ring (bicyclic) bond motifs is 1. The normalized spacial score (nSPS) is 21.2. The number of carbonyl (C=O) groups excluding carboxylic acids is 10. The number of unbranched alkanes of at least 4 members (excludes halogenated alkanes) is 1. The fourth-order valence-electron chi connectivity index (χ4n) is 7.48. The zero-order chi connectivity index (χ0) is 51.2. The van der Waals surface area contributed by atoms with Crippen LogP contribution >= 0.6 is 11.8 Å². The van der Waals surface area contributed by atoms with Crippen molar-refractivity contribution in [2.24, 2.45) is 0 Å². The summed E-state index contributed by atoms with van der Waals surface area (Å²) in [5, 5.41) is 28.9. The molecular formula is C39H41N7Na2O21S3. The number of ether oxygens (including phenoxy) is 1. The maximum absolute atomic E-state index is 14.1. The molecule has 2 aromatic carbocycles. The van der Waals surface area contributed by atoms with Gasteiger partial charge in [0.25, 0.3) is 29.5 Å². The molecule has 33 heteroatoms. The minimum atomic E-state index is -5.34. The van der Waals surface area contributed by atoms with Gasteiger partial charge in [-0.15, -0.1) is 10.1 Å². The van der Waals surface area contributed by atoms with Crippen molar-refractivity contribution in [1.29, 1.82) is 0 Å². The molecule has 28 nitrogen and oxygen atoms in total. The van der Waals surface area contributed by atoms with E-state index in [1.165, 1.54) is 24.3 Å². The Morgan fingerprint density at radius 1 is 0.792 bits per heavy atom. The van der Waals surface area contributed by atoms with Crippen LogP contribution in [0.25, 0.3) is 0 Å². The molecule has 0 saturated carbocycles. The summed E-state index contributed by atoms with van der Waals surface area (Å²) in [6, 6.07) is 4.81. The van der Waals surface area contributed by atoms with E-state index < -0.39 is 134 Å². The maximum atomic E-state index is 14.1. The van der Waals surface area contributed by atoms with Gasteiger partial charge >= 0.3 is 77.1 Å². The average molecular weight is 1090 g/mol. The molecule has 0 aromatic heterocycles. The largest absolute Gasteiger partial charge is 1.00 e. The first-order chi connectivity index (χ1) is 32.9. The predicted octanol–water partition coefficient (Wildman–Crippen LogP) is -9.33. The molecule has 4 aliphatic rings. The van der Waals surface area contributed by atoms with E-state index in [0.29, 0.717) is 18.6 Å². The number of benzene rings is 2. The van der Waals surface area contributed by atoms with Crippen LogP contribution in [0.2, 0.25) is 0 Å². The van der Waals surface area contributed by atoms with Gasteiger partial charge in [0.05, 0.1) is 37.4 Å². The molecule has 4 saturated heterocycles. The van der Waals surface area contributed by atoms with E-state index in [2.05, 4.69) is 31.4 Å². The number of urea groups is 1. The Bertz CT molecular complexity index is 2720. The van der Waals surface area contributed by atoms with Crippen LogP contribution in [0.1, 0.15) is 62.1 Å². The summed E-state index contributed by atoms with van der Waals surface area (Å²) in [5.41, 5.74) is 0.000473. The van der Waals surface area contributed by atoms with Crippen LogP contribution in [0.5, 0.6) is 17.2 Å². The number of phenolic OH excluding ortho intramolecular Hbond substituents is 2. The SMILES string of the molecule is O=C(COc1ccc(C(NC(=O)[C@@H](CC(=O)ON2C(=O)CC(S(=O)(=O)[O-])C2=O)NC(=O)CCCC[C@@H]2SC[C@@H]3NC(=O)N[C@@H]32)c2cc(O)ccc2O)cc1)NCC(=O)ON1C(=O)CC(S(=O)(=O)[O-])C1=O.[Na+].[Na+]. The molecule has 3 unspecified atom stereocenters. The van der Waals surface area contributed by atoms with Crippen LogP contribution in [-0.4, -0.2) is 158 Å². The van der Waals surface area contributed by atoms with E-state index in [1.807, 2.05) is 0 Å². The van der Waals surface area contributed by atoms with Gasteiger partial charge in [-0.3, -0.25) is 33.6 Å². The van der Waals surface area contributed by atoms with Crippen LogP contribution in [-0.2, 0) is 73.1 Å². The smallest absolute Gasteiger partial charge is 0.747 e. The van der Waals surface area contributed by atoms with Crippen molar-refractivity contribution in [1.82, 2.24) is 36.7 Å². The number of nitrogens with zero attached hydrogens (tertiary/aromatic N) is 2. The molecule has 9 amide bonds. The number of hydrogen-bond donors (Lipinski definition) is 7. The van der Waals surface area contributed by atoms with Gasteiger partial charge in [0.1, 0.15) is 60.6 Å². The molecule has 0 aliphatic carbocycles. The van der Waals surface area contributed by atoms with Crippen molar-refractivity contribution in [2.75, 3.05) is 18.9 Å². The molecular weight excluding hydrogens is 1040 g/mol. The molecule has 4 fully saturated rings. The van der Waals surface area contributed by atoms with Crippen molar-refractivity contribution in [3.63, 3.8) is 0 Å². The fourth-order valence-corrected chi connectivity index (χ4v) is 10.4. The van der Waals surface area contributed by atoms with Crippen molar-refractivity contribution < 1.29 is 158 Å². The minimum absolute atomic E-state index is 0. The first kappa shape index (κ1) is 59.5. The Kier molecular flexibility index (Phi) is 20.8. The van der Waals surface area contributed by atoms with Gasteiger partial charge in [0, 0.05) is 23.0 Å². The summed E-state index contributed by atoms with van der Waals surface area (Å²) >= 11 is 1.66. The fraction of sp³-hybridized carbons (Fsp3) is 0.436. The number of phenols is 2. The molecule has 7 N–H and O–H groups in total. The van der Waals surface area contributed by atoms with Crippen molar-refractivity contribution in [3.8, 4) is 17.2 Å². The number of nitrogens with one attached hydrogen (secondary N) is 5. The summed E-state index contributed by atoms with van der Waals surface area (Å²) in [6.07, 6.45) is -2.02. The van der Waals surface area contributed by atoms with Gasteiger partial charge in [0.2, 0.25) is 11.8 Å². The number of carbonyl (C=O) groups is 10. The second kappa shape index (κ2) is 25.2. The second-order valence-corrected chi connectivity index (χ2v) is 20.2. The zero-order valence-electron chi connectivity index (χ0n) is 37.9. The molecule has 72 heavy (non-hydrogen) atoms. The first-order valence-electron chi connectivity index (χ1n) is 20.7. The van der Waals surface area contributed by atoms with Crippen LogP contribution in [0.3, 0.4) is 0 Å². The van der Waals surface area contributed by atoms with Gasteiger partial charge in [-0.25, -0.2) is 31.2 Å². The number of aromatic hydroxyl groups is 2. The summed E-state index contributed by atoms with van der Waals surface area (Å²) in [6.45, 7) is -1.70. The van der Waals surface area contributed by atoms with Gasteiger partial charge in [-0.2, -0.15) is 11.8 Å². The molecule has 2 aromatic rings. The van der Waals surface area contributed by atoms with E-state index in [-0.39, 0.29) is 128 Å². The van der Waals surface area contributed by atoms with Crippen LogP contribution in [0, 0.1) is 0 Å². The van der Waals surface area contributed by atoms with E-state index in [9.17, 15) is 84.1 Å². The molecule has 6 rings (SSSR count). The average Bonchev–Trinajstić information content (AvgIpc) is 4.01. The molecule has 0 bridgehead atoms. The number of hydroxylamine groups is 4. The van der Waals surface area contributed by atoms with E-state index >= 15 is 0 Å². The Hall–Kier alpha value is -5.09. The maximum Gasteiger partial charge on any atom is 1.00 e. The van der Waals surface area contributed by atoms with Gasteiger partial charge in [-0.1, -0.05) is 18.6 Å². The molecule has 4 heterocycles. The van der Waals surface area contributed by atoms with Gasteiger partial charge < -0.3 is 60.3 Å². The van der Waals surface area contributed by atoms with E-state index in [4.69, 9.17) is 9.57 Å². The Labute approximate surface area is 456 Å². The standard InChI is InChI=1S/C39H43N7O21S3.2Na/c47-19-7-10-24(48)21(11-19)34(18-5-8-20(9-6-18)65-16-29(50)40-15-33(54)67-46-31(52)14-27(38(46)57)70(62,63)64)43-36(55)22(12-32(53)66-45-30(51)13-26(37(45)56)69(59,60)61)41-28(49)4-2-1-3-25-35-23(17-68-25)42-39(58)44-35;;/h5-11,22-23,25-27,34-35,47-48H,1-4,12-17H2,(H,40,50)(H,41,49)(H,43,55)(H2,42,44,58)(H,59,60,61)(H,62,63,64);;/q;2*+1/p-2/t22-,23+,25+,26?,27?,34?,35+;;/m1../s1. The van der Waals surface area contributed by atoms with Crippen LogP contribution in [0.4, 0.5) is 4.79 Å². The third-order valence-corrected chi connectivity index (χ3v) is 14.6. The number of rotatable bonds is 21. The van der Waals surface area contributed by atoms with E-state index in [0.717, 1.165) is 18.2 Å². The van der Waals surface area contributed by atoms with Crippen molar-refractivity contribution in [3.05, 3.63) is 53.6 Å². The van der Waals surface area contributed by atoms with Gasteiger partial charge in [-0.05, 0) is 48.7 Å². The summed E-state index contributed by atoms with van der Waals surface area (Å²) in [4.78, 5) is 135. The topological polar surface area (TPSA) is 420 Å². The summed E-state index contributed by atoms with van der Waals surface area (Å²) in [5.74, 6) is -11.8. The minimum Gasteiger partial charge on any atom is -0.747 e. The monoisotopic (exact) mass is 1090 g/mol. The summed E-state index contributed by atoms with van der Waals surface area (Å²) < 4.78 is 73.6. The number of imide groups is 2. The van der Waals surface area contributed by atoms with E-state index in [1.54, 1.807) is 11.8 Å². The predicted molar refractivity (Wildman–Crippen MR) is 227 cm³/mol. The number of amides is 9. The molecule has 0 spiro atoms. The Morgan fingerprint density at radius 3 is 1.97 bits per heavy atom. The third kappa shape index (κ3) is 15.2. The Balaban J connectivity index is 0.00000562. The number of hydrogen-bond acceptors (Lipinski definition) is 22. The number of thioether (sulfide) groups is 1.